The van der Waals surface area contributed by atoms with Crippen LogP contribution in [-0.4, -0.2) is 23.8 Å². The largest absolute Gasteiger partial charge is 0.507 e. The number of carbonyl (C=O) groups excluding carboxylic acids is 1. The maximum Gasteiger partial charge on any atom is 0.271 e. The maximum atomic E-state index is 12.1. The van der Waals surface area contributed by atoms with E-state index in [1.807, 2.05) is 12.1 Å². The Morgan fingerprint density at radius 2 is 1.91 bits per heavy atom. The third-order valence-corrected chi connectivity index (χ3v) is 3.54. The molecule has 0 aromatic heterocycles. The molecule has 1 amide bonds. The molecule has 0 radical (unpaired) electrons. The predicted molar refractivity (Wildman–Crippen MR) is 90.2 cm³/mol. The third-order valence-electron chi connectivity index (χ3n) is 3.54. The van der Waals surface area contributed by atoms with E-state index in [1.54, 1.807) is 31.2 Å². The van der Waals surface area contributed by atoms with Crippen molar-refractivity contribution in [3.63, 3.8) is 0 Å². The van der Waals surface area contributed by atoms with Crippen LogP contribution >= 0.6 is 0 Å². The molecule has 0 spiro atoms. The van der Waals surface area contributed by atoms with Gasteiger partial charge in [0.2, 0.25) is 0 Å². The van der Waals surface area contributed by atoms with Crippen LogP contribution in [0.1, 0.15) is 35.3 Å². The zero-order chi connectivity index (χ0) is 16.8. The van der Waals surface area contributed by atoms with Crippen LogP contribution in [-0.2, 0) is 6.42 Å². The van der Waals surface area contributed by atoms with Crippen molar-refractivity contribution in [3.8, 4) is 11.5 Å². The fourth-order valence-electron chi connectivity index (χ4n) is 2.10. The van der Waals surface area contributed by atoms with Crippen LogP contribution in [0.2, 0.25) is 0 Å². The number of nitrogens with one attached hydrogen (secondary N) is 1. The van der Waals surface area contributed by atoms with Crippen LogP contribution < -0.4 is 10.2 Å². The highest BCUT2D eigenvalue weighted by atomic mass is 16.5. The van der Waals surface area contributed by atoms with Crippen molar-refractivity contribution in [1.82, 2.24) is 5.43 Å². The summed E-state index contributed by atoms with van der Waals surface area (Å²) in [6, 6.07) is 12.3. The van der Waals surface area contributed by atoms with E-state index < -0.39 is 0 Å². The minimum Gasteiger partial charge on any atom is -0.507 e. The maximum absolute atomic E-state index is 12.1. The number of benzene rings is 2. The number of rotatable bonds is 5. The summed E-state index contributed by atoms with van der Waals surface area (Å²) in [4.78, 5) is 12.1. The fraction of sp³-hybridized carbons (Fsp3) is 0.222. The molecule has 0 aliphatic carbocycles. The lowest BCUT2D eigenvalue weighted by Crippen LogP contribution is -2.19. The summed E-state index contributed by atoms with van der Waals surface area (Å²) < 4.78 is 5.04. The van der Waals surface area contributed by atoms with Crippen molar-refractivity contribution < 1.29 is 14.6 Å². The molecule has 0 fully saturated rings. The molecule has 5 heteroatoms. The van der Waals surface area contributed by atoms with Gasteiger partial charge in [0.05, 0.1) is 12.8 Å². The molecule has 2 aromatic rings. The Morgan fingerprint density at radius 3 is 2.48 bits per heavy atom. The molecule has 0 aliphatic heterocycles. The van der Waals surface area contributed by atoms with E-state index in [0.29, 0.717) is 22.6 Å². The van der Waals surface area contributed by atoms with Crippen LogP contribution in [0.5, 0.6) is 11.5 Å². The fourth-order valence-corrected chi connectivity index (χ4v) is 2.10. The number of ether oxygens (including phenoxy) is 1. The van der Waals surface area contributed by atoms with Gasteiger partial charge in [0, 0.05) is 17.2 Å². The number of nitrogens with zero attached hydrogens (tertiary/aromatic N) is 1. The smallest absolute Gasteiger partial charge is 0.271 e. The van der Waals surface area contributed by atoms with Crippen molar-refractivity contribution >= 4 is 11.6 Å². The van der Waals surface area contributed by atoms with Gasteiger partial charge in [-0.3, -0.25) is 4.79 Å². The van der Waals surface area contributed by atoms with Crippen molar-refractivity contribution in [3.05, 3.63) is 59.2 Å². The lowest BCUT2D eigenvalue weighted by molar-refractivity contribution is 0.0955. The highest BCUT2D eigenvalue weighted by Gasteiger charge is 2.08. The standard InChI is InChI=1S/C18H20N2O3/c1-4-13-5-7-14(8-6-13)18(22)20-19-12(2)16-10-9-15(23-3)11-17(16)21/h5-11,21H,4H2,1-3H3,(H,20,22)/b19-12+. The second kappa shape index (κ2) is 7.45. The number of phenols is 1. The van der Waals surface area contributed by atoms with E-state index in [0.717, 1.165) is 6.42 Å². The molecule has 0 atom stereocenters. The molecule has 0 aliphatic rings. The van der Waals surface area contributed by atoms with Crippen molar-refractivity contribution in [2.75, 3.05) is 7.11 Å². The quantitative estimate of drug-likeness (QED) is 0.658. The minimum absolute atomic E-state index is 0.0483. The number of methoxy groups -OCH3 is 1. The third kappa shape index (κ3) is 4.10. The molecule has 5 nitrogen and oxygen atoms in total. The monoisotopic (exact) mass is 312 g/mol. The number of phenolic OH excluding ortho intramolecular Hbond substituents is 1. The summed E-state index contributed by atoms with van der Waals surface area (Å²) in [6.45, 7) is 3.77. The molecular weight excluding hydrogens is 292 g/mol. The van der Waals surface area contributed by atoms with Crippen LogP contribution in [0.15, 0.2) is 47.6 Å². The highest BCUT2D eigenvalue weighted by molar-refractivity contribution is 6.02. The Kier molecular flexibility index (Phi) is 5.36. The van der Waals surface area contributed by atoms with E-state index in [2.05, 4.69) is 17.5 Å². The Hall–Kier alpha value is -2.82. The van der Waals surface area contributed by atoms with E-state index in [-0.39, 0.29) is 11.7 Å². The molecule has 2 rings (SSSR count). The molecule has 2 N–H and O–H groups in total. The summed E-state index contributed by atoms with van der Waals surface area (Å²) in [5.41, 5.74) is 5.25. The number of hydrogen-bond acceptors (Lipinski definition) is 4. The lowest BCUT2D eigenvalue weighted by atomic mass is 10.1. The number of aryl methyl sites for hydroxylation is 1. The molecule has 120 valence electrons. The zero-order valence-corrected chi connectivity index (χ0v) is 13.5. The number of amides is 1. The average molecular weight is 312 g/mol. The molecule has 0 heterocycles. The summed E-state index contributed by atoms with van der Waals surface area (Å²) in [6.07, 6.45) is 0.926. The van der Waals surface area contributed by atoms with Crippen LogP contribution in [0.25, 0.3) is 0 Å². The molecule has 2 aromatic carbocycles. The lowest BCUT2D eigenvalue weighted by Gasteiger charge is -2.07. The van der Waals surface area contributed by atoms with Crippen molar-refractivity contribution in [2.24, 2.45) is 5.10 Å². The molecule has 0 saturated heterocycles. The summed E-state index contributed by atoms with van der Waals surface area (Å²) in [5, 5.41) is 14.0. The second-order valence-electron chi connectivity index (χ2n) is 5.07. The minimum atomic E-state index is -0.292. The van der Waals surface area contributed by atoms with Gasteiger partial charge in [-0.05, 0) is 43.2 Å². The number of hydrogen-bond donors (Lipinski definition) is 2. The van der Waals surface area contributed by atoms with Crippen molar-refractivity contribution in [1.29, 1.82) is 0 Å². The Balaban J connectivity index is 2.10. The summed E-state index contributed by atoms with van der Waals surface area (Å²) in [5.74, 6) is 0.311. The molecule has 0 saturated carbocycles. The van der Waals surface area contributed by atoms with E-state index in [9.17, 15) is 9.90 Å². The molecular formula is C18H20N2O3. The Morgan fingerprint density at radius 1 is 1.22 bits per heavy atom. The topological polar surface area (TPSA) is 70.9 Å². The first kappa shape index (κ1) is 16.5. The van der Waals surface area contributed by atoms with Crippen molar-refractivity contribution in [2.45, 2.75) is 20.3 Å². The normalized spacial score (nSPS) is 11.2. The van der Waals surface area contributed by atoms with E-state index in [1.165, 1.54) is 18.7 Å². The van der Waals surface area contributed by atoms with Gasteiger partial charge in [-0.2, -0.15) is 5.10 Å². The van der Waals surface area contributed by atoms with Gasteiger partial charge in [-0.1, -0.05) is 19.1 Å². The first-order valence-corrected chi connectivity index (χ1v) is 7.36. The number of aromatic hydroxyl groups is 1. The van der Waals surface area contributed by atoms with Crippen LogP contribution in [0.3, 0.4) is 0 Å². The first-order valence-electron chi connectivity index (χ1n) is 7.36. The van der Waals surface area contributed by atoms with Gasteiger partial charge < -0.3 is 9.84 Å². The summed E-state index contributed by atoms with van der Waals surface area (Å²) in [7, 11) is 1.53. The van der Waals surface area contributed by atoms with Gasteiger partial charge in [-0.15, -0.1) is 0 Å². The first-order chi connectivity index (χ1) is 11.0. The van der Waals surface area contributed by atoms with Gasteiger partial charge in [0.1, 0.15) is 11.5 Å². The second-order valence-corrected chi connectivity index (χ2v) is 5.07. The van der Waals surface area contributed by atoms with Gasteiger partial charge in [0.15, 0.2) is 0 Å². The number of carbonyl (C=O) groups is 1. The number of hydrazone groups is 1. The molecule has 0 bridgehead atoms. The highest BCUT2D eigenvalue weighted by Crippen LogP contribution is 2.23. The molecule has 23 heavy (non-hydrogen) atoms. The van der Waals surface area contributed by atoms with Crippen LogP contribution in [0, 0.1) is 0 Å². The van der Waals surface area contributed by atoms with E-state index in [4.69, 9.17) is 4.74 Å². The Bertz CT molecular complexity index is 722. The van der Waals surface area contributed by atoms with Crippen LogP contribution in [0.4, 0.5) is 0 Å². The van der Waals surface area contributed by atoms with Gasteiger partial charge >= 0.3 is 0 Å². The average Bonchev–Trinajstić information content (AvgIpc) is 2.59. The van der Waals surface area contributed by atoms with Gasteiger partial charge in [0.25, 0.3) is 5.91 Å². The summed E-state index contributed by atoms with van der Waals surface area (Å²) >= 11 is 0. The SMILES string of the molecule is CCc1ccc(C(=O)N/N=C(\C)c2ccc(OC)cc2O)cc1. The van der Waals surface area contributed by atoms with Gasteiger partial charge in [-0.25, -0.2) is 5.43 Å². The zero-order valence-electron chi connectivity index (χ0n) is 13.5. The van der Waals surface area contributed by atoms with E-state index >= 15 is 0 Å². The predicted octanol–water partition coefficient (Wildman–Crippen LogP) is 3.12. The Labute approximate surface area is 135 Å². The molecule has 0 unspecified atom stereocenters.